The van der Waals surface area contributed by atoms with Gasteiger partial charge in [0, 0.05) is 6.54 Å². The van der Waals surface area contributed by atoms with Crippen LogP contribution in [0.1, 0.15) is 36.6 Å². The third kappa shape index (κ3) is 3.25. The predicted molar refractivity (Wildman–Crippen MR) is 88.4 cm³/mol. The molecule has 0 spiro atoms. The molecule has 1 aliphatic rings. The Morgan fingerprint density at radius 2 is 1.95 bits per heavy atom. The van der Waals surface area contributed by atoms with Gasteiger partial charge in [-0.15, -0.1) is 0 Å². The molecule has 22 heavy (non-hydrogen) atoms. The zero-order valence-electron chi connectivity index (χ0n) is 13.2. The maximum atomic E-state index is 9.65. The molecule has 0 bridgehead atoms. The van der Waals surface area contributed by atoms with Crippen molar-refractivity contribution in [1.82, 2.24) is 5.32 Å². The molecule has 0 radical (unpaired) electrons. The Kier molecular flexibility index (Phi) is 4.34. The SMILES string of the molecule is CC(C)COc1ccc(C2NCCc3cc(O)ccc32)cc1. The number of aromatic hydroxyl groups is 1. The van der Waals surface area contributed by atoms with Crippen LogP contribution >= 0.6 is 0 Å². The molecular weight excluding hydrogens is 274 g/mol. The molecule has 2 aromatic carbocycles. The Balaban J connectivity index is 1.80. The quantitative estimate of drug-likeness (QED) is 0.905. The van der Waals surface area contributed by atoms with E-state index in [2.05, 4.69) is 31.3 Å². The van der Waals surface area contributed by atoms with Crippen molar-refractivity contribution < 1.29 is 9.84 Å². The molecule has 1 aliphatic heterocycles. The fourth-order valence-electron chi connectivity index (χ4n) is 2.87. The molecule has 0 aromatic heterocycles. The van der Waals surface area contributed by atoms with Gasteiger partial charge < -0.3 is 15.2 Å². The van der Waals surface area contributed by atoms with Crippen molar-refractivity contribution in [3.8, 4) is 11.5 Å². The summed E-state index contributed by atoms with van der Waals surface area (Å²) in [6.45, 7) is 5.95. The van der Waals surface area contributed by atoms with E-state index in [0.717, 1.165) is 25.3 Å². The first-order valence-electron chi connectivity index (χ1n) is 7.91. The fourth-order valence-corrected chi connectivity index (χ4v) is 2.87. The molecule has 0 aliphatic carbocycles. The van der Waals surface area contributed by atoms with Gasteiger partial charge in [-0.3, -0.25) is 0 Å². The highest BCUT2D eigenvalue weighted by Crippen LogP contribution is 2.31. The normalized spacial score (nSPS) is 17.3. The Morgan fingerprint density at radius 1 is 1.18 bits per heavy atom. The lowest BCUT2D eigenvalue weighted by Crippen LogP contribution is -2.30. The van der Waals surface area contributed by atoms with Gasteiger partial charge in [0.15, 0.2) is 0 Å². The second-order valence-corrected chi connectivity index (χ2v) is 6.29. The minimum Gasteiger partial charge on any atom is -0.508 e. The van der Waals surface area contributed by atoms with Gasteiger partial charge in [-0.1, -0.05) is 32.0 Å². The summed E-state index contributed by atoms with van der Waals surface area (Å²) in [5.41, 5.74) is 3.70. The summed E-state index contributed by atoms with van der Waals surface area (Å²) in [5.74, 6) is 1.79. The second-order valence-electron chi connectivity index (χ2n) is 6.29. The van der Waals surface area contributed by atoms with E-state index in [4.69, 9.17) is 4.74 Å². The Morgan fingerprint density at radius 3 is 2.68 bits per heavy atom. The number of rotatable bonds is 4. The summed E-state index contributed by atoms with van der Waals surface area (Å²) in [4.78, 5) is 0. The molecular formula is C19H23NO2. The standard InChI is InChI=1S/C19H23NO2/c1-13(2)12-22-17-6-3-14(4-7-17)19-18-8-5-16(21)11-15(18)9-10-20-19/h3-8,11,13,19-21H,9-10,12H2,1-2H3. The number of hydrogen-bond acceptors (Lipinski definition) is 3. The second kappa shape index (κ2) is 6.41. The van der Waals surface area contributed by atoms with Gasteiger partial charge in [0.1, 0.15) is 11.5 Å². The van der Waals surface area contributed by atoms with Crippen LogP contribution in [0.4, 0.5) is 0 Å². The Bertz CT molecular complexity index is 634. The van der Waals surface area contributed by atoms with Crippen molar-refractivity contribution in [2.45, 2.75) is 26.3 Å². The van der Waals surface area contributed by atoms with Crippen molar-refractivity contribution >= 4 is 0 Å². The largest absolute Gasteiger partial charge is 0.508 e. The van der Waals surface area contributed by atoms with Crippen molar-refractivity contribution in [2.75, 3.05) is 13.2 Å². The first-order chi connectivity index (χ1) is 10.6. The predicted octanol–water partition coefficient (Wildman–Crippen LogP) is 3.66. The topological polar surface area (TPSA) is 41.5 Å². The Labute approximate surface area is 131 Å². The molecule has 1 heterocycles. The minimum absolute atomic E-state index is 0.184. The van der Waals surface area contributed by atoms with Crippen LogP contribution in [-0.2, 0) is 6.42 Å². The molecule has 3 rings (SSSR count). The number of fused-ring (bicyclic) bond motifs is 1. The van der Waals surface area contributed by atoms with Crippen LogP contribution < -0.4 is 10.1 Å². The van der Waals surface area contributed by atoms with E-state index in [9.17, 15) is 5.11 Å². The maximum Gasteiger partial charge on any atom is 0.119 e. The lowest BCUT2D eigenvalue weighted by Gasteiger charge is -2.27. The van der Waals surface area contributed by atoms with E-state index >= 15 is 0 Å². The van der Waals surface area contributed by atoms with E-state index < -0.39 is 0 Å². The first-order valence-corrected chi connectivity index (χ1v) is 7.91. The molecule has 0 saturated carbocycles. The van der Waals surface area contributed by atoms with Crippen molar-refractivity contribution in [1.29, 1.82) is 0 Å². The highest BCUT2D eigenvalue weighted by atomic mass is 16.5. The van der Waals surface area contributed by atoms with Gasteiger partial charge >= 0.3 is 0 Å². The molecule has 1 unspecified atom stereocenters. The highest BCUT2D eigenvalue weighted by Gasteiger charge is 2.21. The van der Waals surface area contributed by atoms with Gasteiger partial charge in [-0.05, 0) is 53.3 Å². The zero-order valence-corrected chi connectivity index (χ0v) is 13.2. The molecule has 0 amide bonds. The molecule has 2 aromatic rings. The molecule has 0 saturated heterocycles. The number of phenolic OH excluding ortho intramolecular Hbond substituents is 1. The van der Waals surface area contributed by atoms with Gasteiger partial charge in [-0.2, -0.15) is 0 Å². The minimum atomic E-state index is 0.184. The first kappa shape index (κ1) is 14.9. The van der Waals surface area contributed by atoms with E-state index in [1.807, 2.05) is 24.3 Å². The molecule has 116 valence electrons. The average Bonchev–Trinajstić information content (AvgIpc) is 2.52. The van der Waals surface area contributed by atoms with Crippen LogP contribution in [0.15, 0.2) is 42.5 Å². The molecule has 1 atom stereocenters. The van der Waals surface area contributed by atoms with E-state index in [1.54, 1.807) is 6.07 Å². The van der Waals surface area contributed by atoms with Crippen LogP contribution in [0.3, 0.4) is 0 Å². The summed E-state index contributed by atoms with van der Waals surface area (Å²) < 4.78 is 5.74. The number of hydrogen-bond donors (Lipinski definition) is 2. The highest BCUT2D eigenvalue weighted by molar-refractivity contribution is 5.44. The van der Waals surface area contributed by atoms with Crippen molar-refractivity contribution in [3.05, 3.63) is 59.2 Å². The lowest BCUT2D eigenvalue weighted by molar-refractivity contribution is 0.271. The van der Waals surface area contributed by atoms with Gasteiger partial charge in [-0.25, -0.2) is 0 Å². The van der Waals surface area contributed by atoms with Crippen LogP contribution in [0.2, 0.25) is 0 Å². The van der Waals surface area contributed by atoms with Gasteiger partial charge in [0.25, 0.3) is 0 Å². The number of benzene rings is 2. The van der Waals surface area contributed by atoms with E-state index in [1.165, 1.54) is 16.7 Å². The fraction of sp³-hybridized carbons (Fsp3) is 0.368. The Hall–Kier alpha value is -2.00. The summed E-state index contributed by atoms with van der Waals surface area (Å²) in [6.07, 6.45) is 0.954. The summed E-state index contributed by atoms with van der Waals surface area (Å²) in [7, 11) is 0. The third-order valence-electron chi connectivity index (χ3n) is 3.98. The summed E-state index contributed by atoms with van der Waals surface area (Å²) >= 11 is 0. The molecule has 2 N–H and O–H groups in total. The van der Waals surface area contributed by atoms with Crippen LogP contribution in [0.5, 0.6) is 11.5 Å². The maximum absolute atomic E-state index is 9.65. The van der Waals surface area contributed by atoms with Crippen LogP contribution in [0, 0.1) is 5.92 Å². The lowest BCUT2D eigenvalue weighted by atomic mass is 9.90. The summed E-state index contributed by atoms with van der Waals surface area (Å²) in [5, 5.41) is 13.2. The van der Waals surface area contributed by atoms with Crippen LogP contribution in [-0.4, -0.2) is 18.3 Å². The smallest absolute Gasteiger partial charge is 0.119 e. The number of ether oxygens (including phenoxy) is 1. The van der Waals surface area contributed by atoms with E-state index in [-0.39, 0.29) is 6.04 Å². The van der Waals surface area contributed by atoms with Gasteiger partial charge in [0.05, 0.1) is 12.6 Å². The third-order valence-corrected chi connectivity index (χ3v) is 3.98. The van der Waals surface area contributed by atoms with Crippen molar-refractivity contribution in [3.63, 3.8) is 0 Å². The van der Waals surface area contributed by atoms with Crippen molar-refractivity contribution in [2.24, 2.45) is 5.92 Å². The molecule has 0 fully saturated rings. The zero-order chi connectivity index (χ0) is 15.5. The average molecular weight is 297 g/mol. The van der Waals surface area contributed by atoms with Crippen LogP contribution in [0.25, 0.3) is 0 Å². The monoisotopic (exact) mass is 297 g/mol. The molecule has 3 heteroatoms. The van der Waals surface area contributed by atoms with E-state index in [0.29, 0.717) is 11.7 Å². The number of nitrogens with one attached hydrogen (secondary N) is 1. The van der Waals surface area contributed by atoms with Gasteiger partial charge in [0.2, 0.25) is 0 Å². The number of phenols is 1. The summed E-state index contributed by atoms with van der Waals surface area (Å²) in [6, 6.07) is 14.2. The molecule has 3 nitrogen and oxygen atoms in total.